The van der Waals surface area contributed by atoms with Crippen molar-refractivity contribution in [1.82, 2.24) is 0 Å². The van der Waals surface area contributed by atoms with Crippen molar-refractivity contribution in [2.45, 2.75) is 25.4 Å². The Bertz CT molecular complexity index is 310. The standard InChI is InChI=1S/C10H10BrFO/c11-7-4-5-10(9(12)6-7)13-8-2-1-3-8/h4-6,8H,1-3H2. The Morgan fingerprint density at radius 3 is 2.69 bits per heavy atom. The van der Waals surface area contributed by atoms with Gasteiger partial charge in [0.1, 0.15) is 0 Å². The van der Waals surface area contributed by atoms with Crippen LogP contribution >= 0.6 is 15.9 Å². The molecular weight excluding hydrogens is 235 g/mol. The summed E-state index contributed by atoms with van der Waals surface area (Å²) >= 11 is 3.20. The molecule has 1 nitrogen and oxygen atoms in total. The van der Waals surface area contributed by atoms with Crippen molar-refractivity contribution < 1.29 is 9.13 Å². The van der Waals surface area contributed by atoms with E-state index >= 15 is 0 Å². The van der Waals surface area contributed by atoms with Gasteiger partial charge in [0.15, 0.2) is 11.6 Å². The first-order valence-corrected chi connectivity index (χ1v) is 5.17. The molecule has 1 aromatic rings. The first-order chi connectivity index (χ1) is 6.25. The number of hydrogen-bond acceptors (Lipinski definition) is 1. The fraction of sp³-hybridized carbons (Fsp3) is 0.400. The van der Waals surface area contributed by atoms with E-state index in [0.29, 0.717) is 5.75 Å². The Balaban J connectivity index is 2.10. The van der Waals surface area contributed by atoms with Crippen molar-refractivity contribution in [3.63, 3.8) is 0 Å². The summed E-state index contributed by atoms with van der Waals surface area (Å²) < 4.78 is 19.4. The van der Waals surface area contributed by atoms with Crippen molar-refractivity contribution in [3.05, 3.63) is 28.5 Å². The third-order valence-electron chi connectivity index (χ3n) is 2.24. The quantitative estimate of drug-likeness (QED) is 0.774. The van der Waals surface area contributed by atoms with Crippen molar-refractivity contribution in [1.29, 1.82) is 0 Å². The monoisotopic (exact) mass is 244 g/mol. The average molecular weight is 245 g/mol. The van der Waals surface area contributed by atoms with E-state index in [2.05, 4.69) is 15.9 Å². The number of ether oxygens (including phenoxy) is 1. The summed E-state index contributed by atoms with van der Waals surface area (Å²) in [5.74, 6) is 0.0779. The second kappa shape index (κ2) is 3.66. The molecule has 13 heavy (non-hydrogen) atoms. The zero-order chi connectivity index (χ0) is 9.26. The molecule has 0 aromatic heterocycles. The summed E-state index contributed by atoms with van der Waals surface area (Å²) in [7, 11) is 0. The molecule has 2 rings (SSSR count). The lowest BCUT2D eigenvalue weighted by Crippen LogP contribution is -2.24. The molecule has 0 atom stereocenters. The largest absolute Gasteiger partial charge is 0.487 e. The van der Waals surface area contributed by atoms with E-state index in [9.17, 15) is 4.39 Å². The average Bonchev–Trinajstić information content (AvgIpc) is 1.99. The highest BCUT2D eigenvalue weighted by Crippen LogP contribution is 2.28. The van der Waals surface area contributed by atoms with Gasteiger partial charge in [0, 0.05) is 4.47 Å². The Kier molecular flexibility index (Phi) is 2.54. The van der Waals surface area contributed by atoms with Crippen LogP contribution in [0.4, 0.5) is 4.39 Å². The summed E-state index contributed by atoms with van der Waals surface area (Å²) in [5, 5.41) is 0. The van der Waals surface area contributed by atoms with Crippen LogP contribution in [0.25, 0.3) is 0 Å². The lowest BCUT2D eigenvalue weighted by Gasteiger charge is -2.26. The minimum absolute atomic E-state index is 0.232. The first kappa shape index (κ1) is 9.00. The number of halogens is 2. The van der Waals surface area contributed by atoms with Crippen LogP contribution in [0.3, 0.4) is 0 Å². The molecule has 0 aliphatic heterocycles. The molecule has 0 bridgehead atoms. The minimum Gasteiger partial charge on any atom is -0.487 e. The summed E-state index contributed by atoms with van der Waals surface area (Å²) in [6.07, 6.45) is 3.53. The van der Waals surface area contributed by atoms with Gasteiger partial charge >= 0.3 is 0 Å². The van der Waals surface area contributed by atoms with Gasteiger partial charge in [-0.1, -0.05) is 15.9 Å². The van der Waals surface area contributed by atoms with Gasteiger partial charge in [0.2, 0.25) is 0 Å². The molecule has 0 radical (unpaired) electrons. The molecule has 1 aromatic carbocycles. The number of benzene rings is 1. The highest BCUT2D eigenvalue weighted by Gasteiger charge is 2.20. The van der Waals surface area contributed by atoms with Gasteiger partial charge in [-0.15, -0.1) is 0 Å². The molecule has 0 amide bonds. The molecule has 0 spiro atoms. The predicted octanol–water partition coefficient (Wildman–Crippen LogP) is 3.52. The van der Waals surface area contributed by atoms with Gasteiger partial charge in [0.05, 0.1) is 6.10 Å². The van der Waals surface area contributed by atoms with Gasteiger partial charge in [-0.2, -0.15) is 0 Å². The van der Waals surface area contributed by atoms with E-state index < -0.39 is 0 Å². The Morgan fingerprint density at radius 2 is 2.15 bits per heavy atom. The number of rotatable bonds is 2. The number of hydrogen-bond donors (Lipinski definition) is 0. The third-order valence-corrected chi connectivity index (χ3v) is 2.73. The van der Waals surface area contributed by atoms with Crippen molar-refractivity contribution >= 4 is 15.9 Å². The minimum atomic E-state index is -0.290. The van der Waals surface area contributed by atoms with E-state index in [1.54, 1.807) is 12.1 Å². The molecule has 1 aliphatic carbocycles. The predicted molar refractivity (Wildman–Crippen MR) is 52.4 cm³/mol. The van der Waals surface area contributed by atoms with E-state index in [-0.39, 0.29) is 11.9 Å². The van der Waals surface area contributed by atoms with Gasteiger partial charge < -0.3 is 4.74 Å². The molecular formula is C10H10BrFO. The zero-order valence-electron chi connectivity index (χ0n) is 7.09. The van der Waals surface area contributed by atoms with Crippen LogP contribution in [-0.4, -0.2) is 6.10 Å². The van der Waals surface area contributed by atoms with Crippen LogP contribution in [-0.2, 0) is 0 Å². The maximum Gasteiger partial charge on any atom is 0.166 e. The smallest absolute Gasteiger partial charge is 0.166 e. The topological polar surface area (TPSA) is 9.23 Å². The van der Waals surface area contributed by atoms with Crippen molar-refractivity contribution in [2.75, 3.05) is 0 Å². The maximum absolute atomic E-state index is 13.2. The van der Waals surface area contributed by atoms with Crippen LogP contribution in [0.5, 0.6) is 5.75 Å². The van der Waals surface area contributed by atoms with Crippen molar-refractivity contribution in [3.8, 4) is 5.75 Å². The van der Waals surface area contributed by atoms with E-state index in [4.69, 9.17) is 4.74 Å². The Labute approximate surface area is 85.0 Å². The lowest BCUT2D eigenvalue weighted by atomic mass is 9.96. The van der Waals surface area contributed by atoms with E-state index in [1.807, 2.05) is 0 Å². The lowest BCUT2D eigenvalue weighted by molar-refractivity contribution is 0.115. The molecule has 0 saturated heterocycles. The fourth-order valence-electron chi connectivity index (χ4n) is 1.24. The summed E-state index contributed by atoms with van der Waals surface area (Å²) in [6, 6.07) is 4.88. The Morgan fingerprint density at radius 1 is 1.38 bits per heavy atom. The fourth-order valence-corrected chi connectivity index (χ4v) is 1.57. The molecule has 70 valence electrons. The first-order valence-electron chi connectivity index (χ1n) is 4.37. The highest BCUT2D eigenvalue weighted by atomic mass is 79.9. The van der Waals surface area contributed by atoms with Crippen LogP contribution < -0.4 is 4.74 Å². The third kappa shape index (κ3) is 2.02. The second-order valence-corrected chi connectivity index (χ2v) is 4.16. The summed E-state index contributed by atoms with van der Waals surface area (Å²) in [5.41, 5.74) is 0. The molecule has 1 aliphatic rings. The van der Waals surface area contributed by atoms with Crippen LogP contribution in [0.2, 0.25) is 0 Å². The molecule has 1 saturated carbocycles. The van der Waals surface area contributed by atoms with Crippen LogP contribution in [0.15, 0.2) is 22.7 Å². The van der Waals surface area contributed by atoms with Crippen LogP contribution in [0.1, 0.15) is 19.3 Å². The normalized spacial score (nSPS) is 16.8. The van der Waals surface area contributed by atoms with Gasteiger partial charge in [-0.3, -0.25) is 0 Å². The van der Waals surface area contributed by atoms with Gasteiger partial charge in [-0.25, -0.2) is 4.39 Å². The van der Waals surface area contributed by atoms with Gasteiger partial charge in [0.25, 0.3) is 0 Å². The summed E-state index contributed by atoms with van der Waals surface area (Å²) in [6.45, 7) is 0. The second-order valence-electron chi connectivity index (χ2n) is 3.25. The highest BCUT2D eigenvalue weighted by molar-refractivity contribution is 9.10. The Hall–Kier alpha value is -0.570. The zero-order valence-corrected chi connectivity index (χ0v) is 8.68. The van der Waals surface area contributed by atoms with Gasteiger partial charge in [-0.05, 0) is 37.5 Å². The van der Waals surface area contributed by atoms with Crippen molar-refractivity contribution in [2.24, 2.45) is 0 Å². The molecule has 1 fully saturated rings. The molecule has 0 heterocycles. The molecule has 0 unspecified atom stereocenters. The maximum atomic E-state index is 13.2. The summed E-state index contributed by atoms with van der Waals surface area (Å²) in [4.78, 5) is 0. The molecule has 3 heteroatoms. The molecule has 0 N–H and O–H groups in total. The van der Waals surface area contributed by atoms with E-state index in [1.165, 1.54) is 12.5 Å². The SMILES string of the molecule is Fc1cc(Br)ccc1OC1CCC1. The van der Waals surface area contributed by atoms with Crippen LogP contribution in [0, 0.1) is 5.82 Å². The van der Waals surface area contributed by atoms with E-state index in [0.717, 1.165) is 17.3 Å².